The molecule has 0 bridgehead atoms. The van der Waals surface area contributed by atoms with Crippen LogP contribution in [0.1, 0.15) is 49.7 Å². The summed E-state index contributed by atoms with van der Waals surface area (Å²) >= 11 is 5.87. The van der Waals surface area contributed by atoms with Gasteiger partial charge in [-0.1, -0.05) is 24.5 Å². The SMILES string of the molecule is Cc1ccc2c(c1)cc(CN(C(=S)NC[C@@H]1CCCO1)C1CCCC1)c1nnnn12. The molecule has 3 aromatic rings. The van der Waals surface area contributed by atoms with E-state index >= 15 is 0 Å². The van der Waals surface area contributed by atoms with Crippen molar-refractivity contribution in [3.63, 3.8) is 0 Å². The minimum atomic E-state index is 0.268. The Balaban J connectivity index is 1.45. The lowest BCUT2D eigenvalue weighted by Gasteiger charge is -2.32. The number of nitrogens with one attached hydrogen (secondary N) is 1. The smallest absolute Gasteiger partial charge is 0.184 e. The van der Waals surface area contributed by atoms with Crippen LogP contribution in [-0.2, 0) is 11.3 Å². The van der Waals surface area contributed by atoms with Gasteiger partial charge in [-0.2, -0.15) is 4.52 Å². The number of ether oxygens (including phenoxy) is 1. The highest BCUT2D eigenvalue weighted by Crippen LogP contribution is 2.27. The third kappa shape index (κ3) is 3.86. The van der Waals surface area contributed by atoms with Gasteiger partial charge in [-0.15, -0.1) is 5.10 Å². The largest absolute Gasteiger partial charge is 0.376 e. The van der Waals surface area contributed by atoms with Crippen LogP contribution in [0, 0.1) is 6.92 Å². The Morgan fingerprint density at radius 1 is 1.23 bits per heavy atom. The lowest BCUT2D eigenvalue weighted by molar-refractivity contribution is 0.113. The van der Waals surface area contributed by atoms with E-state index in [4.69, 9.17) is 17.0 Å². The molecule has 8 heteroatoms. The van der Waals surface area contributed by atoms with E-state index in [1.807, 2.05) is 4.52 Å². The minimum absolute atomic E-state index is 0.268. The molecule has 0 unspecified atom stereocenters. The summed E-state index contributed by atoms with van der Waals surface area (Å²) in [5.74, 6) is 0. The van der Waals surface area contributed by atoms with Crippen molar-refractivity contribution in [1.82, 2.24) is 30.3 Å². The predicted molar refractivity (Wildman–Crippen MR) is 120 cm³/mol. The summed E-state index contributed by atoms with van der Waals surface area (Å²) in [6.07, 6.45) is 7.38. The Hall–Kier alpha value is -2.32. The number of nitrogens with zero attached hydrogens (tertiary/aromatic N) is 5. The van der Waals surface area contributed by atoms with Crippen LogP contribution < -0.4 is 5.32 Å². The first-order valence-corrected chi connectivity index (χ1v) is 11.4. The van der Waals surface area contributed by atoms with Crippen molar-refractivity contribution in [3.8, 4) is 0 Å². The molecule has 1 saturated heterocycles. The number of pyridine rings is 1. The fourth-order valence-corrected chi connectivity index (χ4v) is 5.07. The second kappa shape index (κ2) is 8.43. The molecule has 2 aliphatic rings. The molecule has 3 heterocycles. The molecule has 1 saturated carbocycles. The fourth-order valence-electron chi connectivity index (χ4n) is 4.77. The van der Waals surface area contributed by atoms with E-state index in [-0.39, 0.29) is 6.10 Å². The molecule has 7 nitrogen and oxygen atoms in total. The summed E-state index contributed by atoms with van der Waals surface area (Å²) in [6, 6.07) is 9.05. The first-order valence-electron chi connectivity index (χ1n) is 11.0. The third-order valence-corrected chi connectivity index (χ3v) is 6.75. The molecule has 1 aliphatic heterocycles. The first-order chi connectivity index (χ1) is 14.7. The summed E-state index contributed by atoms with van der Waals surface area (Å²) in [5.41, 5.74) is 4.15. The van der Waals surface area contributed by atoms with Crippen LogP contribution in [0.2, 0.25) is 0 Å². The van der Waals surface area contributed by atoms with Gasteiger partial charge in [0.05, 0.1) is 11.6 Å². The molecule has 1 atom stereocenters. The van der Waals surface area contributed by atoms with E-state index in [0.717, 1.165) is 53.2 Å². The monoisotopic (exact) mass is 424 g/mol. The third-order valence-electron chi connectivity index (χ3n) is 6.37. The van der Waals surface area contributed by atoms with Gasteiger partial charge in [-0.25, -0.2) is 0 Å². The van der Waals surface area contributed by atoms with E-state index in [1.54, 1.807) is 0 Å². The van der Waals surface area contributed by atoms with Crippen molar-refractivity contribution in [3.05, 3.63) is 35.4 Å². The van der Waals surface area contributed by atoms with Gasteiger partial charge in [-0.05, 0) is 73.5 Å². The molecular weight excluding hydrogens is 396 g/mol. The van der Waals surface area contributed by atoms with Crippen LogP contribution in [0.5, 0.6) is 0 Å². The maximum atomic E-state index is 5.87. The van der Waals surface area contributed by atoms with Gasteiger partial charge in [0.15, 0.2) is 10.8 Å². The molecule has 1 aromatic carbocycles. The average molecular weight is 425 g/mol. The Labute approximate surface area is 181 Å². The maximum absolute atomic E-state index is 5.87. The van der Waals surface area contributed by atoms with Crippen LogP contribution in [-0.4, -0.2) is 55.4 Å². The van der Waals surface area contributed by atoms with Crippen molar-refractivity contribution in [1.29, 1.82) is 0 Å². The molecule has 0 spiro atoms. The number of thiocarbonyl (C=S) groups is 1. The predicted octanol–water partition coefficient (Wildman–Crippen LogP) is 3.38. The highest BCUT2D eigenvalue weighted by molar-refractivity contribution is 7.80. The van der Waals surface area contributed by atoms with Crippen LogP contribution in [0.3, 0.4) is 0 Å². The van der Waals surface area contributed by atoms with Crippen LogP contribution in [0.15, 0.2) is 24.3 Å². The Morgan fingerprint density at radius 3 is 2.90 bits per heavy atom. The lowest BCUT2D eigenvalue weighted by atomic mass is 10.1. The van der Waals surface area contributed by atoms with Gasteiger partial charge >= 0.3 is 0 Å². The molecule has 1 aliphatic carbocycles. The number of benzene rings is 1. The van der Waals surface area contributed by atoms with Crippen LogP contribution >= 0.6 is 12.2 Å². The van der Waals surface area contributed by atoms with Crippen LogP contribution in [0.25, 0.3) is 16.6 Å². The molecular formula is C22H28N6OS. The van der Waals surface area contributed by atoms with Crippen molar-refractivity contribution >= 4 is 33.9 Å². The zero-order chi connectivity index (χ0) is 20.5. The number of fused-ring (bicyclic) bond motifs is 3. The van der Waals surface area contributed by atoms with Crippen molar-refractivity contribution in [2.24, 2.45) is 0 Å². The quantitative estimate of drug-likeness (QED) is 0.630. The molecule has 30 heavy (non-hydrogen) atoms. The van der Waals surface area contributed by atoms with E-state index in [2.05, 4.69) is 56.9 Å². The molecule has 1 N–H and O–H groups in total. The summed E-state index contributed by atoms with van der Waals surface area (Å²) in [6.45, 7) is 4.45. The summed E-state index contributed by atoms with van der Waals surface area (Å²) in [7, 11) is 0. The number of rotatable bonds is 5. The molecule has 0 radical (unpaired) electrons. The van der Waals surface area contributed by atoms with E-state index in [9.17, 15) is 0 Å². The van der Waals surface area contributed by atoms with Gasteiger partial charge in [0.25, 0.3) is 0 Å². The Bertz CT molecular complexity index is 1050. The summed E-state index contributed by atoms with van der Waals surface area (Å²) in [5, 5.41) is 18.0. The highest BCUT2D eigenvalue weighted by Gasteiger charge is 2.27. The Kier molecular flexibility index (Phi) is 5.52. The van der Waals surface area contributed by atoms with Gasteiger partial charge in [0.2, 0.25) is 0 Å². The maximum Gasteiger partial charge on any atom is 0.184 e. The van der Waals surface area contributed by atoms with Crippen molar-refractivity contribution in [2.75, 3.05) is 13.2 Å². The number of aryl methyl sites for hydroxylation is 1. The number of aromatic nitrogens is 4. The normalized spacial score (nSPS) is 19.7. The summed E-state index contributed by atoms with van der Waals surface area (Å²) < 4.78 is 7.61. The molecule has 5 rings (SSSR count). The standard InChI is InChI=1S/C22H28N6OS/c1-15-8-9-20-16(11-15)12-17(21-24-25-26-28(20)21)14-27(18-5-2-3-6-18)22(30)23-13-19-7-4-10-29-19/h8-9,11-12,18-19H,2-7,10,13-14H2,1H3,(H,23,30)/t19-/m0/s1. The average Bonchev–Trinajstić information content (AvgIpc) is 3.52. The molecule has 0 amide bonds. The zero-order valence-electron chi connectivity index (χ0n) is 17.4. The topological polar surface area (TPSA) is 67.6 Å². The second-order valence-corrected chi connectivity index (χ2v) is 8.92. The van der Waals surface area contributed by atoms with Crippen LogP contribution in [0.4, 0.5) is 0 Å². The first kappa shape index (κ1) is 19.6. The molecule has 158 valence electrons. The number of tetrazole rings is 1. The fraction of sp³-hybridized carbons (Fsp3) is 0.545. The number of hydrogen-bond acceptors (Lipinski definition) is 5. The lowest BCUT2D eigenvalue weighted by Crippen LogP contribution is -2.46. The minimum Gasteiger partial charge on any atom is -0.376 e. The number of hydrogen-bond donors (Lipinski definition) is 1. The van der Waals surface area contributed by atoms with Gasteiger partial charge in [0, 0.05) is 36.7 Å². The van der Waals surface area contributed by atoms with Gasteiger partial charge in [-0.3, -0.25) is 0 Å². The second-order valence-electron chi connectivity index (χ2n) is 8.53. The van der Waals surface area contributed by atoms with Gasteiger partial charge < -0.3 is 15.0 Å². The van der Waals surface area contributed by atoms with Gasteiger partial charge in [0.1, 0.15) is 0 Å². The Morgan fingerprint density at radius 2 is 2.10 bits per heavy atom. The highest BCUT2D eigenvalue weighted by atomic mass is 32.1. The van der Waals surface area contributed by atoms with Crippen molar-refractivity contribution in [2.45, 2.75) is 64.1 Å². The van der Waals surface area contributed by atoms with E-state index in [0.29, 0.717) is 12.6 Å². The van der Waals surface area contributed by atoms with Crippen molar-refractivity contribution < 1.29 is 4.74 Å². The molecule has 2 fully saturated rings. The van der Waals surface area contributed by atoms with E-state index < -0.39 is 0 Å². The summed E-state index contributed by atoms with van der Waals surface area (Å²) in [4.78, 5) is 2.35. The zero-order valence-corrected chi connectivity index (χ0v) is 18.2. The van der Waals surface area contributed by atoms with E-state index in [1.165, 1.54) is 31.2 Å². The molecule has 2 aromatic heterocycles.